The highest BCUT2D eigenvalue weighted by Gasteiger charge is 2.24. The standard InChI is InChI=1S/C25H28N4O4/c1-5-20(25(31)26-13-12-17-15-18(32-3)10-11-22(17)33-4)29-21-9-7-6-8-19(21)24-27-23(30)14-16(2)28(24)29/h6-11,14-15,20H,5,12-13H2,1-4H3,(H,26,31)/t20-/m1/s1. The molecule has 8 nitrogen and oxygen atoms in total. The summed E-state index contributed by atoms with van der Waals surface area (Å²) in [7, 11) is 3.25. The molecule has 0 unspecified atom stereocenters. The van der Waals surface area contributed by atoms with Crippen LogP contribution in [0.5, 0.6) is 11.5 Å². The van der Waals surface area contributed by atoms with E-state index in [9.17, 15) is 9.59 Å². The molecular weight excluding hydrogens is 420 g/mol. The molecule has 0 fully saturated rings. The molecular formula is C25H28N4O4. The third-order valence-electron chi connectivity index (χ3n) is 5.86. The molecule has 0 bridgehead atoms. The number of hydrogen-bond donors (Lipinski definition) is 1. The molecule has 1 N–H and O–H groups in total. The van der Waals surface area contributed by atoms with Gasteiger partial charge in [0.05, 0.1) is 19.7 Å². The van der Waals surface area contributed by atoms with Gasteiger partial charge in [0.15, 0.2) is 5.65 Å². The number of amides is 1. The maximum absolute atomic E-state index is 13.3. The van der Waals surface area contributed by atoms with Crippen molar-refractivity contribution in [3.05, 3.63) is 70.1 Å². The van der Waals surface area contributed by atoms with E-state index >= 15 is 0 Å². The van der Waals surface area contributed by atoms with E-state index in [1.165, 1.54) is 6.07 Å². The number of benzene rings is 2. The Labute approximate surface area is 191 Å². The summed E-state index contributed by atoms with van der Waals surface area (Å²) in [6.45, 7) is 4.27. The molecule has 0 saturated carbocycles. The third-order valence-corrected chi connectivity index (χ3v) is 5.86. The van der Waals surface area contributed by atoms with Gasteiger partial charge in [0.1, 0.15) is 17.5 Å². The van der Waals surface area contributed by atoms with E-state index in [1.807, 2.05) is 65.5 Å². The van der Waals surface area contributed by atoms with Gasteiger partial charge in [0.2, 0.25) is 5.91 Å². The van der Waals surface area contributed by atoms with E-state index in [0.717, 1.165) is 33.7 Å². The third kappa shape index (κ3) is 4.16. The molecule has 2 aromatic carbocycles. The minimum absolute atomic E-state index is 0.0971. The SMILES string of the molecule is CC[C@H](C(=O)NCCc1cc(OC)ccc1OC)n1c2ccccc2c2nc(=O)cc(C)n21. The Morgan fingerprint density at radius 3 is 2.64 bits per heavy atom. The number of nitrogens with one attached hydrogen (secondary N) is 1. The predicted molar refractivity (Wildman–Crippen MR) is 127 cm³/mol. The summed E-state index contributed by atoms with van der Waals surface area (Å²) in [4.78, 5) is 29.6. The normalized spacial score (nSPS) is 12.1. The fourth-order valence-electron chi connectivity index (χ4n) is 4.30. The van der Waals surface area contributed by atoms with Gasteiger partial charge in [-0.15, -0.1) is 0 Å². The maximum Gasteiger partial charge on any atom is 0.273 e. The molecule has 172 valence electrons. The lowest BCUT2D eigenvalue weighted by molar-refractivity contribution is -0.124. The smallest absolute Gasteiger partial charge is 0.273 e. The van der Waals surface area contributed by atoms with Crippen LogP contribution in [-0.4, -0.2) is 40.9 Å². The van der Waals surface area contributed by atoms with E-state index in [0.29, 0.717) is 25.0 Å². The van der Waals surface area contributed by atoms with E-state index in [4.69, 9.17) is 9.47 Å². The van der Waals surface area contributed by atoms with Crippen molar-refractivity contribution in [2.75, 3.05) is 20.8 Å². The van der Waals surface area contributed by atoms with Gasteiger partial charge in [-0.25, -0.2) is 4.52 Å². The maximum atomic E-state index is 13.3. The molecule has 4 rings (SSSR count). The molecule has 4 aromatic rings. The summed E-state index contributed by atoms with van der Waals surface area (Å²) < 4.78 is 14.6. The van der Waals surface area contributed by atoms with E-state index in [2.05, 4.69) is 10.3 Å². The highest BCUT2D eigenvalue weighted by Crippen LogP contribution is 2.27. The minimum atomic E-state index is -0.470. The van der Waals surface area contributed by atoms with Gasteiger partial charge in [-0.3, -0.25) is 14.3 Å². The molecule has 0 aliphatic heterocycles. The van der Waals surface area contributed by atoms with Crippen molar-refractivity contribution >= 4 is 22.5 Å². The van der Waals surface area contributed by atoms with E-state index < -0.39 is 6.04 Å². The van der Waals surface area contributed by atoms with Crippen molar-refractivity contribution < 1.29 is 14.3 Å². The Hall–Kier alpha value is -3.81. The molecule has 1 atom stereocenters. The summed E-state index contributed by atoms with van der Waals surface area (Å²) in [5.74, 6) is 1.40. The molecule has 0 saturated heterocycles. The Morgan fingerprint density at radius 1 is 1.12 bits per heavy atom. The van der Waals surface area contributed by atoms with Crippen LogP contribution in [-0.2, 0) is 11.2 Å². The fourth-order valence-corrected chi connectivity index (χ4v) is 4.30. The number of carbonyl (C=O) groups excluding carboxylic acids is 1. The zero-order valence-electron chi connectivity index (χ0n) is 19.3. The average Bonchev–Trinajstić information content (AvgIpc) is 3.14. The van der Waals surface area contributed by atoms with Crippen LogP contribution >= 0.6 is 0 Å². The monoisotopic (exact) mass is 448 g/mol. The Morgan fingerprint density at radius 2 is 1.91 bits per heavy atom. The first-order chi connectivity index (χ1) is 16.0. The molecule has 0 aliphatic rings. The van der Waals surface area contributed by atoms with Crippen LogP contribution in [0.15, 0.2) is 53.3 Å². The van der Waals surface area contributed by atoms with Gasteiger partial charge < -0.3 is 14.8 Å². The number of aryl methyl sites for hydroxylation is 1. The predicted octanol–water partition coefficient (Wildman–Crippen LogP) is 3.28. The first kappa shape index (κ1) is 22.4. The second kappa shape index (κ2) is 9.36. The minimum Gasteiger partial charge on any atom is -0.497 e. The van der Waals surface area contributed by atoms with Gasteiger partial charge in [0.25, 0.3) is 5.56 Å². The number of ether oxygens (including phenoxy) is 2. The Kier molecular flexibility index (Phi) is 6.35. The first-order valence-corrected chi connectivity index (χ1v) is 11.0. The number of para-hydroxylation sites is 1. The molecule has 0 spiro atoms. The van der Waals surface area contributed by atoms with Crippen LogP contribution in [0.3, 0.4) is 0 Å². The summed E-state index contributed by atoms with van der Waals surface area (Å²) in [6, 6.07) is 14.3. The summed E-state index contributed by atoms with van der Waals surface area (Å²) in [5.41, 5.74) is 2.81. The second-order valence-electron chi connectivity index (χ2n) is 7.88. The topological polar surface area (TPSA) is 86.9 Å². The van der Waals surface area contributed by atoms with Gasteiger partial charge in [0, 0.05) is 23.7 Å². The van der Waals surface area contributed by atoms with Gasteiger partial charge in [-0.1, -0.05) is 19.1 Å². The quantitative estimate of drug-likeness (QED) is 0.447. The van der Waals surface area contributed by atoms with E-state index in [-0.39, 0.29) is 11.5 Å². The number of aromatic nitrogens is 3. The highest BCUT2D eigenvalue weighted by molar-refractivity contribution is 5.94. The molecule has 0 radical (unpaired) electrons. The summed E-state index contributed by atoms with van der Waals surface area (Å²) >= 11 is 0. The molecule has 0 aliphatic carbocycles. The zero-order chi connectivity index (χ0) is 23.5. The number of hydrogen-bond acceptors (Lipinski definition) is 5. The first-order valence-electron chi connectivity index (χ1n) is 11.0. The summed E-state index contributed by atoms with van der Waals surface area (Å²) in [5, 5.41) is 3.91. The zero-order valence-corrected chi connectivity index (χ0v) is 19.3. The molecule has 2 heterocycles. The molecule has 8 heteroatoms. The van der Waals surface area contributed by atoms with Crippen LogP contribution in [0, 0.1) is 6.92 Å². The number of methoxy groups -OCH3 is 2. The largest absolute Gasteiger partial charge is 0.497 e. The number of nitrogens with zero attached hydrogens (tertiary/aromatic N) is 3. The lowest BCUT2D eigenvalue weighted by atomic mass is 10.1. The lowest BCUT2D eigenvalue weighted by Crippen LogP contribution is -2.35. The Bertz CT molecular complexity index is 1370. The fraction of sp³-hybridized carbons (Fsp3) is 0.320. The van der Waals surface area contributed by atoms with Crippen LogP contribution in [0.2, 0.25) is 0 Å². The number of rotatable bonds is 8. The highest BCUT2D eigenvalue weighted by atomic mass is 16.5. The van der Waals surface area contributed by atoms with Crippen LogP contribution < -0.4 is 20.3 Å². The molecule has 33 heavy (non-hydrogen) atoms. The second-order valence-corrected chi connectivity index (χ2v) is 7.88. The van der Waals surface area contributed by atoms with Crippen LogP contribution in [0.1, 0.15) is 30.6 Å². The van der Waals surface area contributed by atoms with Crippen molar-refractivity contribution in [1.82, 2.24) is 19.5 Å². The van der Waals surface area contributed by atoms with Crippen molar-refractivity contribution in [3.8, 4) is 11.5 Å². The van der Waals surface area contributed by atoms with Gasteiger partial charge in [-0.05, 0) is 55.7 Å². The van der Waals surface area contributed by atoms with Gasteiger partial charge in [-0.2, -0.15) is 4.98 Å². The average molecular weight is 449 g/mol. The van der Waals surface area contributed by atoms with Crippen molar-refractivity contribution in [1.29, 1.82) is 0 Å². The van der Waals surface area contributed by atoms with E-state index in [1.54, 1.807) is 14.2 Å². The van der Waals surface area contributed by atoms with Crippen molar-refractivity contribution in [2.45, 2.75) is 32.7 Å². The Balaban J connectivity index is 1.64. The number of carbonyl (C=O) groups is 1. The van der Waals surface area contributed by atoms with Crippen LogP contribution in [0.25, 0.3) is 16.6 Å². The van der Waals surface area contributed by atoms with Crippen molar-refractivity contribution in [2.24, 2.45) is 0 Å². The van der Waals surface area contributed by atoms with Crippen LogP contribution in [0.4, 0.5) is 0 Å². The molecule has 1 amide bonds. The number of fused-ring (bicyclic) bond motifs is 3. The molecule has 2 aromatic heterocycles. The van der Waals surface area contributed by atoms with Crippen molar-refractivity contribution in [3.63, 3.8) is 0 Å². The summed E-state index contributed by atoms with van der Waals surface area (Å²) in [6.07, 6.45) is 1.18. The van der Waals surface area contributed by atoms with Gasteiger partial charge >= 0.3 is 0 Å². The lowest BCUT2D eigenvalue weighted by Gasteiger charge is -2.20.